The number of nitrogens with one attached hydrogen (secondary N) is 2. The molecule has 1 rings (SSSR count). The first-order chi connectivity index (χ1) is 11.7. The Morgan fingerprint density at radius 2 is 1.71 bits per heavy atom. The molecule has 0 aliphatic heterocycles. The Kier molecular flexibility index (Phi) is 18.3. The number of aryl methyl sites for hydroxylation is 1. The van der Waals surface area contributed by atoms with Gasteiger partial charge in [0.25, 0.3) is 0 Å². The van der Waals surface area contributed by atoms with Gasteiger partial charge in [-0.25, -0.2) is 0 Å². The minimum Gasteiger partial charge on any atom is -0.391 e. The largest absolute Gasteiger partial charge is 0.391 e. The van der Waals surface area contributed by atoms with Crippen LogP contribution in [0.1, 0.15) is 51.2 Å². The molecule has 138 valence electrons. The Hall–Kier alpha value is -1.54. The molecule has 2 N–H and O–H groups in total. The van der Waals surface area contributed by atoms with Crippen molar-refractivity contribution in [1.29, 1.82) is 0 Å². The summed E-state index contributed by atoms with van der Waals surface area (Å²) < 4.78 is 0. The SMILES string of the molecule is C=C.C=CNCCC(C)CCC(Cc1ccccc1C)NC.CC. The number of hydrogen-bond donors (Lipinski definition) is 2. The van der Waals surface area contributed by atoms with Crippen molar-refractivity contribution in [2.24, 2.45) is 5.92 Å². The monoisotopic (exact) mass is 332 g/mol. The second-order valence-corrected chi connectivity index (χ2v) is 5.75. The predicted molar refractivity (Wildman–Crippen MR) is 112 cm³/mol. The van der Waals surface area contributed by atoms with Gasteiger partial charge >= 0.3 is 0 Å². The van der Waals surface area contributed by atoms with Crippen molar-refractivity contribution in [2.75, 3.05) is 13.6 Å². The smallest absolute Gasteiger partial charge is 0.0143 e. The summed E-state index contributed by atoms with van der Waals surface area (Å²) in [5.74, 6) is 0.759. The van der Waals surface area contributed by atoms with E-state index in [1.54, 1.807) is 6.20 Å². The fourth-order valence-electron chi connectivity index (χ4n) is 2.51. The minimum atomic E-state index is 0.575. The van der Waals surface area contributed by atoms with E-state index < -0.39 is 0 Å². The quantitative estimate of drug-likeness (QED) is 0.437. The molecule has 0 spiro atoms. The van der Waals surface area contributed by atoms with Crippen molar-refractivity contribution >= 4 is 0 Å². The zero-order valence-electron chi connectivity index (χ0n) is 16.7. The molecule has 1 aromatic rings. The van der Waals surface area contributed by atoms with Crippen molar-refractivity contribution in [2.45, 2.75) is 59.4 Å². The van der Waals surface area contributed by atoms with Crippen LogP contribution >= 0.6 is 0 Å². The van der Waals surface area contributed by atoms with E-state index in [2.05, 4.69) is 75.5 Å². The van der Waals surface area contributed by atoms with Gasteiger partial charge in [-0.2, -0.15) is 0 Å². The highest BCUT2D eigenvalue weighted by molar-refractivity contribution is 5.26. The minimum absolute atomic E-state index is 0.575. The van der Waals surface area contributed by atoms with Gasteiger partial charge in [-0.05, 0) is 62.9 Å². The Morgan fingerprint density at radius 1 is 1.08 bits per heavy atom. The van der Waals surface area contributed by atoms with Crippen molar-refractivity contribution in [3.05, 3.63) is 61.3 Å². The molecule has 0 saturated heterocycles. The maximum absolute atomic E-state index is 3.68. The van der Waals surface area contributed by atoms with Crippen molar-refractivity contribution < 1.29 is 0 Å². The number of benzene rings is 1. The van der Waals surface area contributed by atoms with E-state index in [9.17, 15) is 0 Å². The molecule has 2 heteroatoms. The zero-order chi connectivity index (χ0) is 18.8. The molecule has 2 atom stereocenters. The van der Waals surface area contributed by atoms with Crippen LogP contribution in [0.4, 0.5) is 0 Å². The van der Waals surface area contributed by atoms with E-state index in [1.165, 1.54) is 30.4 Å². The van der Waals surface area contributed by atoms with E-state index in [1.807, 2.05) is 13.8 Å². The summed E-state index contributed by atoms with van der Waals surface area (Å²) in [6.07, 6.45) is 6.63. The van der Waals surface area contributed by atoms with E-state index >= 15 is 0 Å². The number of rotatable bonds is 10. The standard InChI is InChI=1S/C18H30N2.C2H6.C2H4/c1-5-20-13-12-15(2)10-11-18(19-4)14-17-9-7-6-8-16(17)3;2*1-2/h5-9,15,18-20H,1,10-14H2,2-4H3;1-2H3;1-2H2. The van der Waals surface area contributed by atoms with Crippen LogP contribution < -0.4 is 10.6 Å². The second-order valence-electron chi connectivity index (χ2n) is 5.75. The first-order valence-corrected chi connectivity index (χ1v) is 9.23. The molecule has 0 radical (unpaired) electrons. The molecule has 0 bridgehead atoms. The van der Waals surface area contributed by atoms with Crippen LogP contribution in [0.3, 0.4) is 0 Å². The zero-order valence-corrected chi connectivity index (χ0v) is 16.7. The fraction of sp³-hybridized carbons (Fsp3) is 0.545. The normalized spacial score (nSPS) is 11.9. The van der Waals surface area contributed by atoms with Crippen molar-refractivity contribution in [3.63, 3.8) is 0 Å². The second kappa shape index (κ2) is 17.8. The third-order valence-electron chi connectivity index (χ3n) is 4.07. The van der Waals surface area contributed by atoms with Crippen LogP contribution in [-0.2, 0) is 6.42 Å². The molecule has 1 aromatic carbocycles. The summed E-state index contributed by atoms with van der Waals surface area (Å²) in [4.78, 5) is 0. The maximum Gasteiger partial charge on any atom is 0.0143 e. The lowest BCUT2D eigenvalue weighted by molar-refractivity contribution is 0.413. The molecule has 0 saturated carbocycles. The first kappa shape index (κ1) is 24.7. The molecule has 2 nitrogen and oxygen atoms in total. The molecule has 24 heavy (non-hydrogen) atoms. The molecule has 0 aliphatic rings. The maximum atomic E-state index is 3.68. The molecular formula is C22H40N2. The Morgan fingerprint density at radius 3 is 2.25 bits per heavy atom. The lowest BCUT2D eigenvalue weighted by Crippen LogP contribution is -2.28. The first-order valence-electron chi connectivity index (χ1n) is 9.23. The highest BCUT2D eigenvalue weighted by Crippen LogP contribution is 2.16. The summed E-state index contributed by atoms with van der Waals surface area (Å²) in [6.45, 7) is 19.3. The molecular weight excluding hydrogens is 292 g/mol. The average Bonchev–Trinajstić information content (AvgIpc) is 2.63. The highest BCUT2D eigenvalue weighted by Gasteiger charge is 2.11. The van der Waals surface area contributed by atoms with Gasteiger partial charge in [0, 0.05) is 12.6 Å². The van der Waals surface area contributed by atoms with Gasteiger partial charge in [0.2, 0.25) is 0 Å². The van der Waals surface area contributed by atoms with Gasteiger partial charge in [-0.15, -0.1) is 13.2 Å². The van der Waals surface area contributed by atoms with E-state index in [-0.39, 0.29) is 0 Å². The Balaban J connectivity index is 0. The number of likely N-dealkylation sites (N-methyl/N-ethyl adjacent to an activating group) is 1. The molecule has 0 aliphatic carbocycles. The molecule has 2 unspecified atom stereocenters. The molecule has 0 heterocycles. The third kappa shape index (κ3) is 12.0. The lowest BCUT2D eigenvalue weighted by atomic mass is 9.94. The van der Waals surface area contributed by atoms with Gasteiger partial charge in [0.1, 0.15) is 0 Å². The van der Waals surface area contributed by atoms with Gasteiger partial charge in [-0.1, -0.05) is 51.6 Å². The fourth-order valence-corrected chi connectivity index (χ4v) is 2.51. The third-order valence-corrected chi connectivity index (χ3v) is 4.07. The average molecular weight is 333 g/mol. The summed E-state index contributed by atoms with van der Waals surface area (Å²) in [6, 6.07) is 9.27. The summed E-state index contributed by atoms with van der Waals surface area (Å²) in [5, 5.41) is 6.64. The number of hydrogen-bond acceptors (Lipinski definition) is 2. The Labute approximate surface area is 151 Å². The summed E-state index contributed by atoms with van der Waals surface area (Å²) in [7, 11) is 2.08. The van der Waals surface area contributed by atoms with Gasteiger partial charge in [0.05, 0.1) is 0 Å². The van der Waals surface area contributed by atoms with Crippen molar-refractivity contribution in [1.82, 2.24) is 10.6 Å². The highest BCUT2D eigenvalue weighted by atomic mass is 14.9. The van der Waals surface area contributed by atoms with Crippen LogP contribution in [0.5, 0.6) is 0 Å². The Bertz CT molecular complexity index is 401. The molecule has 0 aromatic heterocycles. The van der Waals surface area contributed by atoms with E-state index in [0.717, 1.165) is 18.9 Å². The molecule has 0 amide bonds. The van der Waals surface area contributed by atoms with Crippen LogP contribution in [0.15, 0.2) is 50.2 Å². The van der Waals surface area contributed by atoms with E-state index in [4.69, 9.17) is 0 Å². The van der Waals surface area contributed by atoms with Crippen molar-refractivity contribution in [3.8, 4) is 0 Å². The summed E-state index contributed by atoms with van der Waals surface area (Å²) >= 11 is 0. The van der Waals surface area contributed by atoms with Gasteiger partial charge < -0.3 is 10.6 Å². The lowest BCUT2D eigenvalue weighted by Gasteiger charge is -2.20. The van der Waals surface area contributed by atoms with Crippen LogP contribution in [0.2, 0.25) is 0 Å². The van der Waals surface area contributed by atoms with Crippen LogP contribution in [-0.4, -0.2) is 19.6 Å². The summed E-state index contributed by atoms with van der Waals surface area (Å²) in [5.41, 5.74) is 2.86. The van der Waals surface area contributed by atoms with Crippen LogP contribution in [0, 0.1) is 12.8 Å². The van der Waals surface area contributed by atoms with Gasteiger partial charge in [0.15, 0.2) is 0 Å². The van der Waals surface area contributed by atoms with E-state index in [0.29, 0.717) is 6.04 Å². The van der Waals surface area contributed by atoms with Gasteiger partial charge in [-0.3, -0.25) is 0 Å². The predicted octanol–water partition coefficient (Wildman–Crippen LogP) is 5.49. The van der Waals surface area contributed by atoms with Crippen LogP contribution in [0.25, 0.3) is 0 Å². The topological polar surface area (TPSA) is 24.1 Å². The molecule has 0 fully saturated rings.